The molecule has 4 nitrogen and oxygen atoms in total. The number of nitrogens with two attached hydrogens (primary N) is 1. The Hall–Kier alpha value is -2.56. The summed E-state index contributed by atoms with van der Waals surface area (Å²) in [5.74, 6) is 0.381. The van der Waals surface area contributed by atoms with E-state index in [0.717, 1.165) is 29.7 Å². The summed E-state index contributed by atoms with van der Waals surface area (Å²) >= 11 is 0. The molecule has 3 rings (SSSR count). The van der Waals surface area contributed by atoms with Crippen LogP contribution in [0.2, 0.25) is 0 Å². The van der Waals surface area contributed by atoms with Crippen molar-refractivity contribution in [1.82, 2.24) is 0 Å². The molecule has 5 heteroatoms. The van der Waals surface area contributed by atoms with Crippen LogP contribution in [0, 0.1) is 11.2 Å². The molecule has 0 aromatic heterocycles. The van der Waals surface area contributed by atoms with E-state index in [0.29, 0.717) is 24.2 Å². The van der Waals surface area contributed by atoms with Crippen LogP contribution < -0.4 is 10.5 Å². The molecule has 2 aromatic carbocycles. The van der Waals surface area contributed by atoms with Crippen LogP contribution in [-0.2, 0) is 11.2 Å². The number of rotatable bonds is 6. The third-order valence-corrected chi connectivity index (χ3v) is 5.01. The second kappa shape index (κ2) is 7.59. The van der Waals surface area contributed by atoms with E-state index in [1.807, 2.05) is 44.2 Å². The van der Waals surface area contributed by atoms with E-state index in [-0.39, 0.29) is 11.2 Å². The largest absolute Gasteiger partial charge is 0.494 e. The van der Waals surface area contributed by atoms with Crippen molar-refractivity contribution in [3.05, 3.63) is 53.3 Å². The minimum atomic E-state index is -0.845. The third-order valence-electron chi connectivity index (χ3n) is 5.01. The molecule has 27 heavy (non-hydrogen) atoms. The van der Waals surface area contributed by atoms with Crippen molar-refractivity contribution in [2.75, 3.05) is 6.61 Å². The van der Waals surface area contributed by atoms with Gasteiger partial charge in [0.1, 0.15) is 17.7 Å². The number of benzene rings is 2. The van der Waals surface area contributed by atoms with E-state index >= 15 is 0 Å². The highest BCUT2D eigenvalue weighted by Gasteiger charge is 2.42. The molecule has 1 atom stereocenters. The van der Waals surface area contributed by atoms with Gasteiger partial charge >= 0.3 is 6.09 Å². The quantitative estimate of drug-likeness (QED) is 0.693. The van der Waals surface area contributed by atoms with E-state index < -0.39 is 12.2 Å². The van der Waals surface area contributed by atoms with Gasteiger partial charge in [0.2, 0.25) is 0 Å². The summed E-state index contributed by atoms with van der Waals surface area (Å²) in [4.78, 5) is 11.3. The standard InChI is InChI=1S/C22H26FNO3/c1-4-5-9-26-16-8-6-7-14(10-16)17-11-15-13-22(2,3)20(27-21(24)25)18(15)12-19(17)23/h6-8,10-12,20H,4-5,9,13H2,1-3H3,(H2,24,25). The lowest BCUT2D eigenvalue weighted by Crippen LogP contribution is -2.25. The first-order valence-corrected chi connectivity index (χ1v) is 9.33. The third kappa shape index (κ3) is 4.07. The van der Waals surface area contributed by atoms with Crippen molar-refractivity contribution in [3.8, 4) is 16.9 Å². The molecule has 144 valence electrons. The Bertz CT molecular complexity index is 847. The first kappa shape index (κ1) is 19.2. The Kier molecular flexibility index (Phi) is 5.40. The van der Waals surface area contributed by atoms with Gasteiger partial charge in [-0.25, -0.2) is 9.18 Å². The minimum absolute atomic E-state index is 0.340. The summed E-state index contributed by atoms with van der Waals surface area (Å²) in [7, 11) is 0. The second-order valence-corrected chi connectivity index (χ2v) is 7.74. The van der Waals surface area contributed by atoms with Gasteiger partial charge in [0.15, 0.2) is 0 Å². The highest BCUT2D eigenvalue weighted by molar-refractivity contribution is 5.69. The fourth-order valence-electron chi connectivity index (χ4n) is 3.68. The Morgan fingerprint density at radius 1 is 1.30 bits per heavy atom. The SMILES string of the molecule is CCCCOc1cccc(-c2cc3c(cc2F)C(OC(N)=O)C(C)(C)C3)c1. The Labute approximate surface area is 159 Å². The van der Waals surface area contributed by atoms with Crippen LogP contribution in [0.5, 0.6) is 5.75 Å². The van der Waals surface area contributed by atoms with Crippen LogP contribution in [0.15, 0.2) is 36.4 Å². The summed E-state index contributed by atoms with van der Waals surface area (Å²) in [6.07, 6.45) is 1.33. The predicted octanol–water partition coefficient (Wildman–Crippen LogP) is 5.39. The first-order valence-electron chi connectivity index (χ1n) is 9.33. The smallest absolute Gasteiger partial charge is 0.405 e. The van der Waals surface area contributed by atoms with Crippen molar-refractivity contribution < 1.29 is 18.7 Å². The minimum Gasteiger partial charge on any atom is -0.494 e. The van der Waals surface area contributed by atoms with Crippen molar-refractivity contribution in [1.29, 1.82) is 0 Å². The van der Waals surface area contributed by atoms with Crippen LogP contribution in [0.3, 0.4) is 0 Å². The molecule has 1 aliphatic rings. The molecule has 0 radical (unpaired) electrons. The van der Waals surface area contributed by atoms with Gasteiger partial charge in [-0.2, -0.15) is 0 Å². The molecule has 2 N–H and O–H groups in total. The van der Waals surface area contributed by atoms with Gasteiger partial charge in [0, 0.05) is 11.0 Å². The second-order valence-electron chi connectivity index (χ2n) is 7.74. The van der Waals surface area contributed by atoms with E-state index in [1.54, 1.807) is 0 Å². The molecule has 0 aliphatic heterocycles. The molecule has 1 amide bonds. The monoisotopic (exact) mass is 371 g/mol. The van der Waals surface area contributed by atoms with Gasteiger partial charge < -0.3 is 15.2 Å². The maximum absolute atomic E-state index is 14.9. The zero-order valence-corrected chi connectivity index (χ0v) is 16.0. The van der Waals surface area contributed by atoms with Crippen LogP contribution in [-0.4, -0.2) is 12.7 Å². The topological polar surface area (TPSA) is 61.6 Å². The number of ether oxygens (including phenoxy) is 2. The van der Waals surface area contributed by atoms with Crippen LogP contribution in [0.4, 0.5) is 9.18 Å². The molecule has 0 heterocycles. The van der Waals surface area contributed by atoms with Crippen molar-refractivity contribution in [3.63, 3.8) is 0 Å². The van der Waals surface area contributed by atoms with Crippen molar-refractivity contribution >= 4 is 6.09 Å². The Morgan fingerprint density at radius 2 is 2.07 bits per heavy atom. The molecule has 0 fully saturated rings. The van der Waals surface area contributed by atoms with Gasteiger partial charge in [0.05, 0.1) is 6.61 Å². The number of primary amides is 1. The number of carbonyl (C=O) groups excluding carboxylic acids is 1. The summed E-state index contributed by atoms with van der Waals surface area (Å²) in [5, 5.41) is 0. The zero-order valence-electron chi connectivity index (χ0n) is 16.0. The number of fused-ring (bicyclic) bond motifs is 1. The van der Waals surface area contributed by atoms with E-state index in [2.05, 4.69) is 6.92 Å². The molecule has 0 bridgehead atoms. The van der Waals surface area contributed by atoms with Gasteiger partial charge in [0.25, 0.3) is 0 Å². The van der Waals surface area contributed by atoms with Crippen molar-refractivity contribution in [2.24, 2.45) is 11.1 Å². The van der Waals surface area contributed by atoms with E-state index in [1.165, 1.54) is 6.07 Å². The summed E-state index contributed by atoms with van der Waals surface area (Å²) in [5.41, 5.74) is 7.81. The number of hydrogen-bond acceptors (Lipinski definition) is 3. The van der Waals surface area contributed by atoms with Gasteiger partial charge in [-0.1, -0.05) is 39.3 Å². The summed E-state index contributed by atoms with van der Waals surface area (Å²) < 4.78 is 25.9. The van der Waals surface area contributed by atoms with E-state index in [9.17, 15) is 9.18 Å². The Balaban J connectivity index is 1.94. The van der Waals surface area contributed by atoms with Crippen LogP contribution in [0.25, 0.3) is 11.1 Å². The lowest BCUT2D eigenvalue weighted by Gasteiger charge is -2.26. The maximum Gasteiger partial charge on any atom is 0.405 e. The molecule has 1 unspecified atom stereocenters. The molecular weight excluding hydrogens is 345 g/mol. The average Bonchev–Trinajstić information content (AvgIpc) is 2.84. The fourth-order valence-corrected chi connectivity index (χ4v) is 3.68. The molecule has 0 saturated carbocycles. The highest BCUT2D eigenvalue weighted by Crippen LogP contribution is 2.49. The average molecular weight is 371 g/mol. The van der Waals surface area contributed by atoms with E-state index in [4.69, 9.17) is 15.2 Å². The number of unbranched alkanes of at least 4 members (excludes halogenated alkanes) is 1. The molecule has 1 aliphatic carbocycles. The molecule has 2 aromatic rings. The summed E-state index contributed by atoms with van der Waals surface area (Å²) in [6, 6.07) is 10.8. The number of hydrogen-bond donors (Lipinski definition) is 1. The highest BCUT2D eigenvalue weighted by atomic mass is 19.1. The summed E-state index contributed by atoms with van der Waals surface area (Å²) in [6.45, 7) is 6.73. The van der Waals surface area contributed by atoms with Crippen LogP contribution in [0.1, 0.15) is 50.8 Å². The lowest BCUT2D eigenvalue weighted by molar-refractivity contribution is 0.0391. The zero-order chi connectivity index (χ0) is 19.6. The maximum atomic E-state index is 14.9. The van der Waals surface area contributed by atoms with Crippen molar-refractivity contribution in [2.45, 2.75) is 46.1 Å². The molecule has 0 spiro atoms. The van der Waals surface area contributed by atoms with Gasteiger partial charge in [-0.05, 0) is 53.8 Å². The fraction of sp³-hybridized carbons (Fsp3) is 0.409. The number of amides is 1. The van der Waals surface area contributed by atoms with Gasteiger partial charge in [-0.3, -0.25) is 0 Å². The van der Waals surface area contributed by atoms with Crippen LogP contribution >= 0.6 is 0 Å². The molecular formula is C22H26FNO3. The number of halogens is 1. The lowest BCUT2D eigenvalue weighted by atomic mass is 9.87. The predicted molar refractivity (Wildman–Crippen MR) is 103 cm³/mol. The normalized spacial score (nSPS) is 17.4. The van der Waals surface area contributed by atoms with Gasteiger partial charge in [-0.15, -0.1) is 0 Å². The Morgan fingerprint density at radius 3 is 2.78 bits per heavy atom. The first-order chi connectivity index (χ1) is 12.8. The number of carbonyl (C=O) groups is 1. The molecule has 0 saturated heterocycles.